The van der Waals surface area contributed by atoms with Gasteiger partial charge in [0.25, 0.3) is 0 Å². The zero-order valence-corrected chi connectivity index (χ0v) is 14.5. The number of likely N-dealkylation sites (N-methyl/N-ethyl adjacent to an activating group) is 1. The number of nitrogens with zero attached hydrogens (tertiary/aromatic N) is 2. The summed E-state index contributed by atoms with van der Waals surface area (Å²) < 4.78 is 11.1. The molecule has 2 unspecified atom stereocenters. The van der Waals surface area contributed by atoms with Crippen molar-refractivity contribution in [1.82, 2.24) is 4.90 Å². The molecule has 2 aliphatic rings. The lowest BCUT2D eigenvalue weighted by atomic mass is 9.78. The third-order valence-electron chi connectivity index (χ3n) is 5.26. The zero-order valence-electron chi connectivity index (χ0n) is 14.5. The number of amides is 1. The van der Waals surface area contributed by atoms with Crippen molar-refractivity contribution in [2.24, 2.45) is 5.92 Å². The summed E-state index contributed by atoms with van der Waals surface area (Å²) in [6, 6.07) is 7.11. The summed E-state index contributed by atoms with van der Waals surface area (Å²) in [7, 11) is 1.60. The highest BCUT2D eigenvalue weighted by Gasteiger charge is 2.50. The van der Waals surface area contributed by atoms with Gasteiger partial charge >= 0.3 is 6.09 Å². The van der Waals surface area contributed by atoms with Gasteiger partial charge in [-0.15, -0.1) is 0 Å². The molecule has 1 amide bonds. The van der Waals surface area contributed by atoms with Crippen LogP contribution in [-0.4, -0.2) is 49.2 Å². The number of hydrogen-bond donors (Lipinski definition) is 1. The first-order chi connectivity index (χ1) is 11.5. The van der Waals surface area contributed by atoms with E-state index in [4.69, 9.17) is 14.9 Å². The van der Waals surface area contributed by atoms with Crippen molar-refractivity contribution < 1.29 is 14.3 Å². The first-order valence-electron chi connectivity index (χ1n) is 8.46. The molecule has 6 heteroatoms. The van der Waals surface area contributed by atoms with Crippen molar-refractivity contribution >= 4 is 17.6 Å². The molecule has 24 heavy (non-hydrogen) atoms. The number of anilines is 1. The van der Waals surface area contributed by atoms with E-state index in [-0.39, 0.29) is 5.92 Å². The van der Waals surface area contributed by atoms with E-state index in [1.54, 1.807) is 31.4 Å². The number of carbonyl (C=O) groups is 1. The predicted octanol–water partition coefficient (Wildman–Crippen LogP) is 3.12. The summed E-state index contributed by atoms with van der Waals surface area (Å²) in [6.07, 6.45) is 0.973. The van der Waals surface area contributed by atoms with Crippen LogP contribution in [0.15, 0.2) is 24.3 Å². The fourth-order valence-corrected chi connectivity index (χ4v) is 3.61. The fraction of sp³-hybridized carbons (Fsp3) is 0.556. The van der Waals surface area contributed by atoms with Gasteiger partial charge in [-0.05, 0) is 49.7 Å². The molecule has 0 aliphatic carbocycles. The van der Waals surface area contributed by atoms with Crippen molar-refractivity contribution in [3.63, 3.8) is 0 Å². The lowest BCUT2D eigenvalue weighted by molar-refractivity contribution is -0.0751. The number of benzene rings is 1. The summed E-state index contributed by atoms with van der Waals surface area (Å²) >= 11 is 0. The first kappa shape index (κ1) is 16.8. The minimum Gasteiger partial charge on any atom is -0.497 e. The van der Waals surface area contributed by atoms with Crippen LogP contribution in [0, 0.1) is 11.3 Å². The lowest BCUT2D eigenvalue weighted by Gasteiger charge is -2.49. The van der Waals surface area contributed by atoms with E-state index < -0.39 is 11.7 Å². The van der Waals surface area contributed by atoms with Crippen molar-refractivity contribution in [3.8, 4) is 5.75 Å². The Labute approximate surface area is 142 Å². The Bertz CT molecular complexity index is 611. The summed E-state index contributed by atoms with van der Waals surface area (Å²) in [5, 5.41) is 8.46. The number of ether oxygens (including phenoxy) is 2. The molecule has 1 aromatic rings. The van der Waals surface area contributed by atoms with Crippen LogP contribution in [0.25, 0.3) is 0 Å². The highest BCUT2D eigenvalue weighted by atomic mass is 16.6. The molecule has 0 aromatic heterocycles. The van der Waals surface area contributed by atoms with Gasteiger partial charge in [-0.3, -0.25) is 10.3 Å². The van der Waals surface area contributed by atoms with Crippen LogP contribution in [0.2, 0.25) is 0 Å². The number of rotatable bonds is 3. The minimum absolute atomic E-state index is 0.252. The number of likely N-dealkylation sites (tertiary alicyclic amines) is 1. The molecule has 6 nitrogen and oxygen atoms in total. The van der Waals surface area contributed by atoms with Gasteiger partial charge in [-0.25, -0.2) is 9.69 Å². The van der Waals surface area contributed by atoms with Gasteiger partial charge in [0, 0.05) is 13.0 Å². The van der Waals surface area contributed by atoms with Gasteiger partial charge in [-0.2, -0.15) is 0 Å². The first-order valence-corrected chi connectivity index (χ1v) is 8.46. The van der Waals surface area contributed by atoms with Gasteiger partial charge < -0.3 is 9.47 Å². The van der Waals surface area contributed by atoms with Crippen LogP contribution >= 0.6 is 0 Å². The zero-order chi connectivity index (χ0) is 17.3. The van der Waals surface area contributed by atoms with Gasteiger partial charge in [0.2, 0.25) is 0 Å². The number of piperidine rings is 1. The summed E-state index contributed by atoms with van der Waals surface area (Å²) in [5.74, 6) is 1.26. The van der Waals surface area contributed by atoms with E-state index in [9.17, 15) is 4.79 Å². The van der Waals surface area contributed by atoms with Crippen LogP contribution in [0.3, 0.4) is 0 Å². The highest BCUT2D eigenvalue weighted by Crippen LogP contribution is 2.39. The average Bonchev–Trinajstić information content (AvgIpc) is 2.57. The molecule has 130 valence electrons. The number of nitrogens with one attached hydrogen (secondary N) is 1. The number of hydrogen-bond acceptors (Lipinski definition) is 5. The third-order valence-corrected chi connectivity index (χ3v) is 5.26. The van der Waals surface area contributed by atoms with Crippen LogP contribution in [0.1, 0.15) is 26.7 Å². The quantitative estimate of drug-likeness (QED) is 0.924. The standard InChI is InChI=1S/C18H25N3O3/c1-4-20-10-9-13(2)18(12-20)11-16(19)21(17(22)24-18)14-5-7-15(23-3)8-6-14/h5-8,13,19H,4,9-12H2,1-3H3. The Morgan fingerprint density at radius 2 is 2.08 bits per heavy atom. The topological polar surface area (TPSA) is 65.9 Å². The number of carbonyl (C=O) groups excluding carboxylic acids is 1. The molecule has 2 fully saturated rings. The molecular weight excluding hydrogens is 306 g/mol. The molecular formula is C18H25N3O3. The van der Waals surface area contributed by atoms with E-state index >= 15 is 0 Å². The Hall–Kier alpha value is -2.08. The van der Waals surface area contributed by atoms with Crippen molar-refractivity contribution in [2.75, 3.05) is 31.6 Å². The SMILES string of the molecule is CCN1CCC(C)C2(CC(=N)N(c3ccc(OC)cc3)C(=O)O2)C1. The normalized spacial score (nSPS) is 28.1. The Kier molecular flexibility index (Phi) is 4.49. The minimum atomic E-state index is -0.578. The average molecular weight is 331 g/mol. The maximum atomic E-state index is 12.7. The van der Waals surface area contributed by atoms with E-state index in [1.165, 1.54) is 4.90 Å². The molecule has 1 spiro atoms. The van der Waals surface area contributed by atoms with Crippen molar-refractivity contribution in [2.45, 2.75) is 32.3 Å². The Morgan fingerprint density at radius 1 is 1.38 bits per heavy atom. The highest BCUT2D eigenvalue weighted by molar-refractivity contribution is 6.15. The fourth-order valence-electron chi connectivity index (χ4n) is 3.61. The molecule has 2 saturated heterocycles. The molecule has 1 aromatic carbocycles. The van der Waals surface area contributed by atoms with E-state index in [1.807, 2.05) is 0 Å². The van der Waals surface area contributed by atoms with Crippen LogP contribution in [0.4, 0.5) is 10.5 Å². The summed E-state index contributed by atoms with van der Waals surface area (Å²) in [6.45, 7) is 6.89. The van der Waals surface area contributed by atoms with Crippen molar-refractivity contribution in [3.05, 3.63) is 24.3 Å². The van der Waals surface area contributed by atoms with Crippen LogP contribution in [0.5, 0.6) is 5.75 Å². The largest absolute Gasteiger partial charge is 0.497 e. The molecule has 3 rings (SSSR count). The van der Waals surface area contributed by atoms with Gasteiger partial charge in [0.05, 0.1) is 12.8 Å². The molecule has 0 radical (unpaired) electrons. The van der Waals surface area contributed by atoms with Crippen LogP contribution < -0.4 is 9.64 Å². The molecule has 2 aliphatic heterocycles. The lowest BCUT2D eigenvalue weighted by Crippen LogP contribution is -2.62. The molecule has 0 bridgehead atoms. The number of methoxy groups -OCH3 is 1. The van der Waals surface area contributed by atoms with Crippen LogP contribution in [-0.2, 0) is 4.74 Å². The smallest absolute Gasteiger partial charge is 0.420 e. The van der Waals surface area contributed by atoms with E-state index in [2.05, 4.69) is 18.7 Å². The second-order valence-electron chi connectivity index (χ2n) is 6.65. The molecule has 2 heterocycles. The monoisotopic (exact) mass is 331 g/mol. The third kappa shape index (κ3) is 2.86. The summed E-state index contributed by atoms with van der Waals surface area (Å²) in [4.78, 5) is 16.3. The van der Waals surface area contributed by atoms with Gasteiger partial charge in [-0.1, -0.05) is 13.8 Å². The predicted molar refractivity (Wildman–Crippen MR) is 92.9 cm³/mol. The molecule has 1 N–H and O–H groups in total. The maximum absolute atomic E-state index is 12.7. The van der Waals surface area contributed by atoms with Gasteiger partial charge in [0.15, 0.2) is 0 Å². The number of amidine groups is 1. The molecule has 0 saturated carbocycles. The van der Waals surface area contributed by atoms with Gasteiger partial charge in [0.1, 0.15) is 17.2 Å². The maximum Gasteiger partial charge on any atom is 0.420 e. The Balaban J connectivity index is 1.83. The van der Waals surface area contributed by atoms with Crippen molar-refractivity contribution in [1.29, 1.82) is 5.41 Å². The Morgan fingerprint density at radius 3 is 2.67 bits per heavy atom. The molecule has 2 atom stereocenters. The van der Waals surface area contributed by atoms with E-state index in [0.29, 0.717) is 30.2 Å². The summed E-state index contributed by atoms with van der Waals surface area (Å²) in [5.41, 5.74) is 0.0576. The second-order valence-corrected chi connectivity index (χ2v) is 6.65. The van der Waals surface area contributed by atoms with E-state index in [0.717, 1.165) is 19.5 Å². The second kappa shape index (κ2) is 6.43.